The monoisotopic (exact) mass is 355 g/mol. The van der Waals surface area contributed by atoms with E-state index in [1.807, 2.05) is 32.0 Å². The molecule has 2 aromatic rings. The Balaban J connectivity index is 2.16. The molecular formula is C19H18ClN3O2. The van der Waals surface area contributed by atoms with Crippen LogP contribution in [-0.2, 0) is 4.79 Å². The van der Waals surface area contributed by atoms with Gasteiger partial charge >= 0.3 is 0 Å². The van der Waals surface area contributed by atoms with Gasteiger partial charge < -0.3 is 15.4 Å². The SMILES string of the molecule is CCOc1ccccc1N/C=C(/C#N)C(=O)Nc1cc(Cl)ccc1C. The number of anilines is 2. The molecule has 0 aliphatic heterocycles. The molecule has 2 N–H and O–H groups in total. The standard InChI is InChI=1S/C19H18ClN3O2/c1-3-25-18-7-5-4-6-16(18)22-12-14(11-21)19(24)23-17-10-15(20)9-8-13(17)2/h4-10,12,22H,3H2,1-2H3,(H,23,24)/b14-12-. The summed E-state index contributed by atoms with van der Waals surface area (Å²) in [5.41, 5.74) is 2.02. The number of nitrogens with zero attached hydrogens (tertiary/aromatic N) is 1. The second-order valence-electron chi connectivity index (χ2n) is 5.16. The molecule has 0 saturated heterocycles. The zero-order chi connectivity index (χ0) is 18.2. The van der Waals surface area contributed by atoms with E-state index in [0.29, 0.717) is 28.8 Å². The van der Waals surface area contributed by atoms with Crippen molar-refractivity contribution in [3.8, 4) is 11.8 Å². The van der Waals surface area contributed by atoms with Crippen LogP contribution in [-0.4, -0.2) is 12.5 Å². The number of aryl methyl sites for hydroxylation is 1. The lowest BCUT2D eigenvalue weighted by molar-refractivity contribution is -0.112. The molecule has 128 valence electrons. The molecule has 1 amide bonds. The molecule has 2 rings (SSSR count). The number of hydrogen-bond donors (Lipinski definition) is 2. The van der Waals surface area contributed by atoms with Gasteiger partial charge in [-0.25, -0.2) is 0 Å². The predicted octanol–water partition coefficient (Wildman–Crippen LogP) is 4.51. The van der Waals surface area contributed by atoms with Crippen LogP contribution in [0.2, 0.25) is 5.02 Å². The first-order chi connectivity index (χ1) is 12.0. The Bertz CT molecular complexity index is 841. The number of para-hydroxylation sites is 2. The number of benzene rings is 2. The van der Waals surface area contributed by atoms with E-state index >= 15 is 0 Å². The highest BCUT2D eigenvalue weighted by molar-refractivity contribution is 6.31. The van der Waals surface area contributed by atoms with Crippen molar-refractivity contribution in [3.63, 3.8) is 0 Å². The average Bonchev–Trinajstić information content (AvgIpc) is 2.60. The molecule has 0 radical (unpaired) electrons. The average molecular weight is 356 g/mol. The predicted molar refractivity (Wildman–Crippen MR) is 99.7 cm³/mol. The molecule has 0 bridgehead atoms. The van der Waals surface area contributed by atoms with Crippen molar-refractivity contribution < 1.29 is 9.53 Å². The Labute approximate surface area is 151 Å². The van der Waals surface area contributed by atoms with E-state index in [-0.39, 0.29) is 5.57 Å². The van der Waals surface area contributed by atoms with Crippen molar-refractivity contribution in [1.82, 2.24) is 0 Å². The van der Waals surface area contributed by atoms with Crippen LogP contribution in [0.25, 0.3) is 0 Å². The van der Waals surface area contributed by atoms with Gasteiger partial charge in [0, 0.05) is 16.9 Å². The zero-order valence-electron chi connectivity index (χ0n) is 14.0. The van der Waals surface area contributed by atoms with Gasteiger partial charge in [-0.2, -0.15) is 5.26 Å². The van der Waals surface area contributed by atoms with E-state index in [1.165, 1.54) is 6.20 Å². The Kier molecular flexibility index (Phi) is 6.44. The number of amides is 1. The van der Waals surface area contributed by atoms with Gasteiger partial charge in [0.2, 0.25) is 0 Å². The zero-order valence-corrected chi connectivity index (χ0v) is 14.7. The van der Waals surface area contributed by atoms with E-state index in [0.717, 1.165) is 5.56 Å². The number of carbonyl (C=O) groups is 1. The number of ether oxygens (including phenoxy) is 1. The second-order valence-corrected chi connectivity index (χ2v) is 5.59. The van der Waals surface area contributed by atoms with Crippen LogP contribution >= 0.6 is 11.6 Å². The maximum Gasteiger partial charge on any atom is 0.267 e. The molecular weight excluding hydrogens is 338 g/mol. The van der Waals surface area contributed by atoms with Gasteiger partial charge in [-0.1, -0.05) is 29.8 Å². The van der Waals surface area contributed by atoms with Gasteiger partial charge in [-0.3, -0.25) is 4.79 Å². The number of nitriles is 1. The number of carbonyl (C=O) groups excluding carboxylic acids is 1. The summed E-state index contributed by atoms with van der Waals surface area (Å²) in [7, 11) is 0. The number of halogens is 1. The lowest BCUT2D eigenvalue weighted by Gasteiger charge is -2.10. The van der Waals surface area contributed by atoms with Gasteiger partial charge in [0.05, 0.1) is 12.3 Å². The summed E-state index contributed by atoms with van der Waals surface area (Å²) in [6.45, 7) is 4.24. The van der Waals surface area contributed by atoms with Crippen molar-refractivity contribution in [2.45, 2.75) is 13.8 Å². The minimum absolute atomic E-state index is 0.0642. The van der Waals surface area contributed by atoms with Gasteiger partial charge in [0.15, 0.2) is 0 Å². The van der Waals surface area contributed by atoms with Crippen LogP contribution in [0.5, 0.6) is 5.75 Å². The van der Waals surface area contributed by atoms with Crippen molar-refractivity contribution in [1.29, 1.82) is 5.26 Å². The maximum absolute atomic E-state index is 12.3. The molecule has 25 heavy (non-hydrogen) atoms. The van der Waals surface area contributed by atoms with E-state index in [2.05, 4.69) is 10.6 Å². The minimum Gasteiger partial charge on any atom is -0.492 e. The Morgan fingerprint density at radius 1 is 1.28 bits per heavy atom. The molecule has 5 nitrogen and oxygen atoms in total. The number of rotatable bonds is 6. The molecule has 0 unspecified atom stereocenters. The van der Waals surface area contributed by atoms with E-state index in [1.54, 1.807) is 30.3 Å². The maximum atomic E-state index is 12.3. The highest BCUT2D eigenvalue weighted by Gasteiger charge is 2.11. The van der Waals surface area contributed by atoms with Crippen LogP contribution in [0, 0.1) is 18.3 Å². The number of hydrogen-bond acceptors (Lipinski definition) is 4. The van der Waals surface area contributed by atoms with Crippen LogP contribution in [0.3, 0.4) is 0 Å². The molecule has 0 heterocycles. The van der Waals surface area contributed by atoms with Gasteiger partial charge in [-0.05, 0) is 43.7 Å². The van der Waals surface area contributed by atoms with Gasteiger partial charge in [-0.15, -0.1) is 0 Å². The highest BCUT2D eigenvalue weighted by atomic mass is 35.5. The third-order valence-electron chi connectivity index (χ3n) is 3.37. The Morgan fingerprint density at radius 2 is 2.04 bits per heavy atom. The third kappa shape index (κ3) is 5.00. The summed E-state index contributed by atoms with van der Waals surface area (Å²) < 4.78 is 5.50. The highest BCUT2D eigenvalue weighted by Crippen LogP contribution is 2.24. The second kappa shape index (κ2) is 8.76. The fraction of sp³-hybridized carbons (Fsp3) is 0.158. The van der Waals surface area contributed by atoms with E-state index in [9.17, 15) is 10.1 Å². The first-order valence-corrected chi connectivity index (χ1v) is 8.09. The molecule has 0 aromatic heterocycles. The summed E-state index contributed by atoms with van der Waals surface area (Å²) in [5, 5.41) is 15.4. The third-order valence-corrected chi connectivity index (χ3v) is 3.61. The summed E-state index contributed by atoms with van der Waals surface area (Å²) in [6.07, 6.45) is 1.35. The summed E-state index contributed by atoms with van der Waals surface area (Å²) in [5.74, 6) is 0.124. The molecule has 0 fully saturated rings. The quantitative estimate of drug-likeness (QED) is 0.590. The van der Waals surface area contributed by atoms with E-state index in [4.69, 9.17) is 16.3 Å². The fourth-order valence-corrected chi connectivity index (χ4v) is 2.26. The smallest absolute Gasteiger partial charge is 0.267 e. The lowest BCUT2D eigenvalue weighted by Crippen LogP contribution is -2.15. The lowest BCUT2D eigenvalue weighted by atomic mass is 10.2. The van der Waals surface area contributed by atoms with E-state index < -0.39 is 5.91 Å². The molecule has 0 aliphatic rings. The Morgan fingerprint density at radius 3 is 2.76 bits per heavy atom. The molecule has 0 spiro atoms. The molecule has 0 atom stereocenters. The topological polar surface area (TPSA) is 74.1 Å². The van der Waals surface area contributed by atoms with Gasteiger partial charge in [0.1, 0.15) is 17.4 Å². The number of nitrogens with one attached hydrogen (secondary N) is 2. The van der Waals surface area contributed by atoms with Crippen LogP contribution in [0.4, 0.5) is 11.4 Å². The van der Waals surface area contributed by atoms with Crippen molar-refractivity contribution >= 4 is 28.9 Å². The fourth-order valence-electron chi connectivity index (χ4n) is 2.08. The van der Waals surface area contributed by atoms with Crippen molar-refractivity contribution in [2.75, 3.05) is 17.2 Å². The van der Waals surface area contributed by atoms with Crippen LogP contribution in [0.1, 0.15) is 12.5 Å². The van der Waals surface area contributed by atoms with Gasteiger partial charge in [0.25, 0.3) is 5.91 Å². The van der Waals surface area contributed by atoms with Crippen molar-refractivity contribution in [3.05, 3.63) is 64.8 Å². The first kappa shape index (κ1) is 18.4. The Hall–Kier alpha value is -2.97. The minimum atomic E-state index is -0.519. The summed E-state index contributed by atoms with van der Waals surface area (Å²) >= 11 is 5.94. The molecule has 6 heteroatoms. The molecule has 0 saturated carbocycles. The summed E-state index contributed by atoms with van der Waals surface area (Å²) in [6, 6.07) is 14.4. The first-order valence-electron chi connectivity index (χ1n) is 7.71. The summed E-state index contributed by atoms with van der Waals surface area (Å²) in [4.78, 5) is 12.3. The van der Waals surface area contributed by atoms with Crippen molar-refractivity contribution in [2.24, 2.45) is 0 Å². The van der Waals surface area contributed by atoms with Crippen LogP contribution in [0.15, 0.2) is 54.2 Å². The molecule has 0 aliphatic carbocycles. The largest absolute Gasteiger partial charge is 0.492 e. The van der Waals surface area contributed by atoms with Crippen LogP contribution < -0.4 is 15.4 Å². The normalized spacial score (nSPS) is 10.7. The molecule has 2 aromatic carbocycles.